The summed E-state index contributed by atoms with van der Waals surface area (Å²) in [6.45, 7) is 7.00. The van der Waals surface area contributed by atoms with Crippen molar-refractivity contribution >= 4 is 45.0 Å². The van der Waals surface area contributed by atoms with Crippen LogP contribution in [0.1, 0.15) is 12.0 Å². The summed E-state index contributed by atoms with van der Waals surface area (Å²) in [7, 11) is 1.64. The van der Waals surface area contributed by atoms with E-state index in [0.29, 0.717) is 28.9 Å². The number of aromatic nitrogens is 1. The van der Waals surface area contributed by atoms with Gasteiger partial charge in [0.05, 0.1) is 25.0 Å². The number of benzene rings is 2. The average Bonchev–Trinajstić information content (AvgIpc) is 3.33. The first-order chi connectivity index (χ1) is 16.6. The van der Waals surface area contributed by atoms with Gasteiger partial charge >= 0.3 is 0 Å². The van der Waals surface area contributed by atoms with E-state index in [-0.39, 0.29) is 24.9 Å². The van der Waals surface area contributed by atoms with Gasteiger partial charge in [0.25, 0.3) is 5.91 Å². The van der Waals surface area contributed by atoms with Gasteiger partial charge in [0.15, 0.2) is 16.6 Å². The molecule has 0 bridgehead atoms. The van der Waals surface area contributed by atoms with Crippen LogP contribution in [0.15, 0.2) is 36.4 Å². The standard InChI is InChI=1S/C25H29N3O5S.ClH/c1-17-8-9-20(30-2)22-23(17)34-25(26-22)28(11-5-10-27-12-14-31-15-13-27)24(29)21-16-32-18-6-3-4-7-19(18)33-21;/h3-4,6-9,21H,5,10-16H2,1-2H3;1H. The average molecular weight is 520 g/mol. The van der Waals surface area contributed by atoms with Crippen molar-refractivity contribution in [3.05, 3.63) is 42.0 Å². The summed E-state index contributed by atoms with van der Waals surface area (Å²) in [6, 6.07) is 11.4. The smallest absolute Gasteiger partial charge is 0.273 e. The van der Waals surface area contributed by atoms with Gasteiger partial charge in [0.2, 0.25) is 6.10 Å². The molecule has 188 valence electrons. The lowest BCUT2D eigenvalue weighted by molar-refractivity contribution is -0.127. The number of fused-ring (bicyclic) bond motifs is 2. The molecule has 1 unspecified atom stereocenters. The number of anilines is 1. The Morgan fingerprint density at radius 3 is 2.74 bits per heavy atom. The maximum Gasteiger partial charge on any atom is 0.273 e. The van der Waals surface area contributed by atoms with Gasteiger partial charge < -0.3 is 18.9 Å². The molecular weight excluding hydrogens is 490 g/mol. The van der Waals surface area contributed by atoms with Crippen molar-refractivity contribution < 1.29 is 23.7 Å². The number of hydrogen-bond donors (Lipinski definition) is 0. The number of rotatable bonds is 7. The summed E-state index contributed by atoms with van der Waals surface area (Å²) in [4.78, 5) is 22.7. The highest BCUT2D eigenvalue weighted by Crippen LogP contribution is 2.37. The molecule has 1 saturated heterocycles. The fraction of sp³-hybridized carbons (Fsp3) is 0.440. The summed E-state index contributed by atoms with van der Waals surface area (Å²) in [5, 5.41) is 0.650. The first kappa shape index (κ1) is 25.5. The first-order valence-corrected chi connectivity index (χ1v) is 12.4. The van der Waals surface area contributed by atoms with E-state index < -0.39 is 6.10 Å². The molecule has 1 amide bonds. The highest BCUT2D eigenvalue weighted by molar-refractivity contribution is 7.22. The van der Waals surface area contributed by atoms with Crippen molar-refractivity contribution in [3.8, 4) is 17.2 Å². The third kappa shape index (κ3) is 5.48. The second-order valence-corrected chi connectivity index (χ2v) is 9.40. The second kappa shape index (κ2) is 11.4. The van der Waals surface area contributed by atoms with Crippen LogP contribution in [0.4, 0.5) is 5.13 Å². The van der Waals surface area contributed by atoms with Gasteiger partial charge in [-0.2, -0.15) is 0 Å². The van der Waals surface area contributed by atoms with E-state index in [9.17, 15) is 4.79 Å². The molecule has 8 nitrogen and oxygen atoms in total. The second-order valence-electron chi connectivity index (χ2n) is 8.42. The summed E-state index contributed by atoms with van der Waals surface area (Å²) >= 11 is 1.51. The van der Waals surface area contributed by atoms with Crippen LogP contribution in [0.25, 0.3) is 10.2 Å². The number of halogens is 1. The van der Waals surface area contributed by atoms with Crippen molar-refractivity contribution in [3.63, 3.8) is 0 Å². The van der Waals surface area contributed by atoms with Gasteiger partial charge in [0.1, 0.15) is 17.9 Å². The van der Waals surface area contributed by atoms with E-state index in [0.717, 1.165) is 55.0 Å². The lowest BCUT2D eigenvalue weighted by Crippen LogP contribution is -2.47. The molecule has 2 aliphatic rings. The Kier molecular flexibility index (Phi) is 8.33. The van der Waals surface area contributed by atoms with Crippen molar-refractivity contribution in [2.75, 3.05) is 58.0 Å². The molecule has 2 aromatic carbocycles. The molecule has 1 fully saturated rings. The number of methoxy groups -OCH3 is 1. The Morgan fingerprint density at radius 1 is 1.20 bits per heavy atom. The molecule has 1 atom stereocenters. The highest BCUT2D eigenvalue weighted by Gasteiger charge is 2.33. The van der Waals surface area contributed by atoms with Crippen LogP contribution >= 0.6 is 23.7 Å². The van der Waals surface area contributed by atoms with E-state index in [2.05, 4.69) is 4.90 Å². The van der Waals surface area contributed by atoms with Crippen LogP contribution in [-0.2, 0) is 9.53 Å². The number of morpholine rings is 1. The Bertz CT molecular complexity index is 1170. The minimum absolute atomic E-state index is 0. The van der Waals surface area contributed by atoms with Gasteiger partial charge in [-0.05, 0) is 37.1 Å². The maximum atomic E-state index is 13.7. The minimum atomic E-state index is -0.728. The number of para-hydroxylation sites is 2. The largest absolute Gasteiger partial charge is 0.494 e. The number of thiazole rings is 1. The maximum absolute atomic E-state index is 13.7. The third-order valence-corrected chi connectivity index (χ3v) is 7.37. The molecule has 10 heteroatoms. The van der Waals surface area contributed by atoms with Gasteiger partial charge in [-0.25, -0.2) is 4.98 Å². The summed E-state index contributed by atoms with van der Waals surface area (Å²) < 4.78 is 23.9. The molecule has 0 aliphatic carbocycles. The number of nitrogens with zero attached hydrogens (tertiary/aromatic N) is 3. The van der Waals surface area contributed by atoms with Gasteiger partial charge in [-0.15, -0.1) is 12.4 Å². The van der Waals surface area contributed by atoms with E-state index in [1.807, 2.05) is 43.3 Å². The molecule has 35 heavy (non-hydrogen) atoms. The lowest BCUT2D eigenvalue weighted by Gasteiger charge is -2.31. The van der Waals surface area contributed by atoms with Gasteiger partial charge in [-0.3, -0.25) is 14.6 Å². The van der Waals surface area contributed by atoms with Crippen LogP contribution in [0.2, 0.25) is 0 Å². The Labute approximate surface area is 215 Å². The predicted molar refractivity (Wildman–Crippen MR) is 139 cm³/mol. The number of ether oxygens (including phenoxy) is 4. The van der Waals surface area contributed by atoms with Crippen molar-refractivity contribution in [1.82, 2.24) is 9.88 Å². The fourth-order valence-electron chi connectivity index (χ4n) is 4.27. The quantitative estimate of drug-likeness (QED) is 0.468. The molecule has 3 aromatic rings. The molecule has 0 N–H and O–H groups in total. The Hall–Kier alpha value is -2.59. The molecule has 1 aromatic heterocycles. The zero-order chi connectivity index (χ0) is 23.5. The fourth-order valence-corrected chi connectivity index (χ4v) is 5.35. The molecule has 0 spiro atoms. The Morgan fingerprint density at radius 2 is 1.97 bits per heavy atom. The number of hydrogen-bond acceptors (Lipinski definition) is 8. The lowest BCUT2D eigenvalue weighted by atomic mass is 10.2. The van der Waals surface area contributed by atoms with Crippen LogP contribution < -0.4 is 19.1 Å². The first-order valence-electron chi connectivity index (χ1n) is 11.6. The molecule has 5 rings (SSSR count). The number of amides is 1. The monoisotopic (exact) mass is 519 g/mol. The van der Waals surface area contributed by atoms with E-state index in [1.165, 1.54) is 11.3 Å². The zero-order valence-electron chi connectivity index (χ0n) is 19.9. The highest BCUT2D eigenvalue weighted by atomic mass is 35.5. The summed E-state index contributed by atoms with van der Waals surface area (Å²) in [6.07, 6.45) is 0.0929. The van der Waals surface area contributed by atoms with Gasteiger partial charge in [-0.1, -0.05) is 29.5 Å². The van der Waals surface area contributed by atoms with Crippen LogP contribution in [0, 0.1) is 6.92 Å². The molecule has 0 saturated carbocycles. The van der Waals surface area contributed by atoms with Crippen molar-refractivity contribution in [1.29, 1.82) is 0 Å². The normalized spacial score (nSPS) is 17.6. The van der Waals surface area contributed by atoms with Crippen LogP contribution in [0.5, 0.6) is 17.2 Å². The van der Waals surface area contributed by atoms with Gasteiger partial charge in [0, 0.05) is 26.2 Å². The van der Waals surface area contributed by atoms with Crippen molar-refractivity contribution in [2.45, 2.75) is 19.4 Å². The van der Waals surface area contributed by atoms with E-state index in [4.69, 9.17) is 23.9 Å². The van der Waals surface area contributed by atoms with E-state index in [1.54, 1.807) is 12.0 Å². The number of aryl methyl sites for hydroxylation is 1. The molecule has 2 aliphatic heterocycles. The summed E-state index contributed by atoms with van der Waals surface area (Å²) in [5.41, 5.74) is 1.88. The van der Waals surface area contributed by atoms with E-state index >= 15 is 0 Å². The zero-order valence-corrected chi connectivity index (χ0v) is 21.5. The topological polar surface area (TPSA) is 73.4 Å². The SMILES string of the molecule is COc1ccc(C)c2sc(N(CCCN3CCOCC3)C(=O)C3COc4ccccc4O3)nc12.Cl. The molecular formula is C25H30ClN3O5S. The third-order valence-electron chi connectivity index (χ3n) is 6.15. The van der Waals surface area contributed by atoms with Crippen LogP contribution in [0.3, 0.4) is 0 Å². The summed E-state index contributed by atoms with van der Waals surface area (Å²) in [5.74, 6) is 1.80. The number of carbonyl (C=O) groups excluding carboxylic acids is 1. The number of carbonyl (C=O) groups is 1. The molecule has 0 radical (unpaired) electrons. The predicted octanol–water partition coefficient (Wildman–Crippen LogP) is 3.93. The molecule has 3 heterocycles. The minimum Gasteiger partial charge on any atom is -0.494 e. The van der Waals surface area contributed by atoms with Crippen LogP contribution in [-0.4, -0.2) is 75.0 Å². The Balaban J connectivity index is 0.00000289. The van der Waals surface area contributed by atoms with Crippen molar-refractivity contribution in [2.24, 2.45) is 0 Å².